The summed E-state index contributed by atoms with van der Waals surface area (Å²) in [5.41, 5.74) is 0.158. The van der Waals surface area contributed by atoms with Crippen LogP contribution in [0.3, 0.4) is 0 Å². The summed E-state index contributed by atoms with van der Waals surface area (Å²) in [6.07, 6.45) is 1.74. The van der Waals surface area contributed by atoms with Crippen LogP contribution in [-0.4, -0.2) is 5.54 Å². The largest absolute Gasteiger partial charge is 0.191 e. The molecule has 0 atom stereocenters. The van der Waals surface area contributed by atoms with Crippen LogP contribution in [0.15, 0.2) is 22.0 Å². The molecule has 0 spiro atoms. The predicted octanol–water partition coefficient (Wildman–Crippen LogP) is 1.64. The highest BCUT2D eigenvalue weighted by Gasteiger charge is 2.19. The minimum atomic E-state index is -0.259. The first-order valence-corrected chi connectivity index (χ1v) is 2.70. The van der Waals surface area contributed by atoms with Crippen molar-refractivity contribution < 1.29 is 0 Å². The van der Waals surface area contributed by atoms with Gasteiger partial charge in [0.2, 0.25) is 0 Å². The van der Waals surface area contributed by atoms with E-state index >= 15 is 0 Å². The molecule has 1 rings (SSSR count). The fraction of sp³-hybridized carbons (Fsp3) is 0.500. The van der Waals surface area contributed by atoms with Crippen molar-refractivity contribution in [1.29, 1.82) is 5.26 Å². The molecule has 0 fully saturated rings. The van der Waals surface area contributed by atoms with Crippen LogP contribution in [0.2, 0.25) is 0 Å². The van der Waals surface area contributed by atoms with E-state index < -0.39 is 0 Å². The molecular weight excluding hydrogens is 114 g/mol. The summed E-state index contributed by atoms with van der Waals surface area (Å²) < 4.78 is 0. The van der Waals surface area contributed by atoms with Gasteiger partial charge >= 0.3 is 0 Å². The maximum Gasteiger partial charge on any atom is 0.161 e. The van der Waals surface area contributed by atoms with Crippen molar-refractivity contribution in [1.82, 2.24) is 0 Å². The number of rotatable bonds is 0. The quantitative estimate of drug-likeness (QED) is 0.480. The Bertz CT molecular complexity index is 217. The average Bonchev–Trinajstić information content (AvgIpc) is 2.10. The lowest BCUT2D eigenvalue weighted by Crippen LogP contribution is -2.07. The van der Waals surface area contributed by atoms with Gasteiger partial charge in [0.25, 0.3) is 0 Å². The lowest BCUT2D eigenvalue weighted by atomic mass is 10.1. The molecule has 9 heavy (non-hydrogen) atoms. The summed E-state index contributed by atoms with van der Waals surface area (Å²) in [7, 11) is 0. The monoisotopic (exact) mass is 121 g/mol. The number of nitriles is 1. The van der Waals surface area contributed by atoms with Crippen LogP contribution in [0.1, 0.15) is 13.8 Å². The highest BCUT2D eigenvalue weighted by atomic mass is 15.2. The van der Waals surface area contributed by atoms with Crippen molar-refractivity contribution in [3.63, 3.8) is 0 Å². The molecule has 1 aliphatic rings. The zero-order valence-corrected chi connectivity index (χ0v) is 5.42. The molecule has 0 saturated heterocycles. The minimum absolute atomic E-state index is 0.259. The van der Waals surface area contributed by atoms with E-state index in [0.29, 0.717) is 5.70 Å². The number of azo groups is 1. The Kier molecular flexibility index (Phi) is 1.10. The molecule has 0 radical (unpaired) electrons. The molecule has 0 aromatic carbocycles. The Morgan fingerprint density at radius 3 is 2.56 bits per heavy atom. The van der Waals surface area contributed by atoms with Crippen LogP contribution in [-0.2, 0) is 0 Å². The van der Waals surface area contributed by atoms with Crippen LogP contribution in [0.5, 0.6) is 0 Å². The van der Waals surface area contributed by atoms with Gasteiger partial charge in [0.05, 0.1) is 5.54 Å². The van der Waals surface area contributed by atoms with Gasteiger partial charge in [-0.15, -0.1) is 5.11 Å². The molecule has 3 heteroatoms. The molecule has 0 aliphatic carbocycles. The first kappa shape index (κ1) is 5.96. The van der Waals surface area contributed by atoms with Crippen LogP contribution in [0.25, 0.3) is 0 Å². The molecule has 0 aromatic heterocycles. The number of allylic oxidation sites excluding steroid dienone is 1. The van der Waals surface area contributed by atoms with E-state index in [0.717, 1.165) is 0 Å². The van der Waals surface area contributed by atoms with Crippen molar-refractivity contribution in [3.8, 4) is 6.07 Å². The average molecular weight is 121 g/mol. The molecule has 0 bridgehead atoms. The number of hydrogen-bond acceptors (Lipinski definition) is 3. The van der Waals surface area contributed by atoms with E-state index in [2.05, 4.69) is 10.2 Å². The zero-order chi connectivity index (χ0) is 6.91. The topological polar surface area (TPSA) is 48.5 Å². The van der Waals surface area contributed by atoms with Crippen LogP contribution in [0, 0.1) is 11.3 Å². The molecule has 0 unspecified atom stereocenters. The molecule has 0 saturated carbocycles. The first-order chi connectivity index (χ1) is 4.14. The van der Waals surface area contributed by atoms with E-state index in [9.17, 15) is 0 Å². The summed E-state index contributed by atoms with van der Waals surface area (Å²) in [6, 6.07) is 1.92. The van der Waals surface area contributed by atoms with Gasteiger partial charge in [-0.2, -0.15) is 10.4 Å². The molecule has 46 valence electrons. The third-order valence-corrected chi connectivity index (χ3v) is 1.02. The minimum Gasteiger partial charge on any atom is -0.191 e. The summed E-state index contributed by atoms with van der Waals surface area (Å²) in [6.45, 7) is 3.81. The van der Waals surface area contributed by atoms with Gasteiger partial charge in [-0.25, -0.2) is 0 Å². The van der Waals surface area contributed by atoms with Crippen molar-refractivity contribution in [2.24, 2.45) is 10.2 Å². The van der Waals surface area contributed by atoms with Gasteiger partial charge in [0.1, 0.15) is 6.07 Å². The third-order valence-electron chi connectivity index (χ3n) is 1.02. The van der Waals surface area contributed by atoms with Gasteiger partial charge in [-0.3, -0.25) is 0 Å². The van der Waals surface area contributed by atoms with Crippen LogP contribution >= 0.6 is 0 Å². The number of nitrogens with zero attached hydrogens (tertiary/aromatic N) is 3. The van der Waals surface area contributed by atoms with Crippen molar-refractivity contribution in [2.75, 3.05) is 0 Å². The Balaban J connectivity index is 2.90. The van der Waals surface area contributed by atoms with Gasteiger partial charge in [0.15, 0.2) is 5.70 Å². The maximum atomic E-state index is 8.33. The Morgan fingerprint density at radius 1 is 1.67 bits per heavy atom. The van der Waals surface area contributed by atoms with E-state index in [1.54, 1.807) is 6.08 Å². The first-order valence-electron chi connectivity index (χ1n) is 2.70. The Labute approximate surface area is 53.7 Å². The second-order valence-corrected chi connectivity index (χ2v) is 2.50. The molecular formula is C6H7N3. The molecule has 0 N–H and O–H groups in total. The van der Waals surface area contributed by atoms with Crippen LogP contribution < -0.4 is 0 Å². The van der Waals surface area contributed by atoms with Crippen molar-refractivity contribution >= 4 is 0 Å². The summed E-state index contributed by atoms with van der Waals surface area (Å²) in [4.78, 5) is 0. The van der Waals surface area contributed by atoms with Crippen LogP contribution in [0.4, 0.5) is 0 Å². The second kappa shape index (κ2) is 1.66. The third kappa shape index (κ3) is 1.14. The van der Waals surface area contributed by atoms with Gasteiger partial charge in [-0.1, -0.05) is 0 Å². The summed E-state index contributed by atoms with van der Waals surface area (Å²) in [5.74, 6) is 0. The lowest BCUT2D eigenvalue weighted by molar-refractivity contribution is 0.644. The Hall–Kier alpha value is -1.17. The second-order valence-electron chi connectivity index (χ2n) is 2.50. The molecule has 1 heterocycles. The zero-order valence-electron chi connectivity index (χ0n) is 5.42. The normalized spacial score (nSPS) is 21.2. The van der Waals surface area contributed by atoms with Gasteiger partial charge < -0.3 is 0 Å². The summed E-state index contributed by atoms with van der Waals surface area (Å²) in [5, 5.41) is 15.8. The number of hydrogen-bond donors (Lipinski definition) is 0. The van der Waals surface area contributed by atoms with Gasteiger partial charge in [0, 0.05) is 0 Å². The highest BCUT2D eigenvalue weighted by Crippen LogP contribution is 2.21. The summed E-state index contributed by atoms with van der Waals surface area (Å²) >= 11 is 0. The smallest absolute Gasteiger partial charge is 0.161 e. The van der Waals surface area contributed by atoms with E-state index in [1.165, 1.54) is 0 Å². The van der Waals surface area contributed by atoms with Crippen molar-refractivity contribution in [3.05, 3.63) is 11.8 Å². The Morgan fingerprint density at radius 2 is 2.33 bits per heavy atom. The van der Waals surface area contributed by atoms with E-state index in [-0.39, 0.29) is 5.54 Å². The maximum absolute atomic E-state index is 8.33. The highest BCUT2D eigenvalue weighted by molar-refractivity contribution is 5.26. The molecule has 0 amide bonds. The fourth-order valence-corrected chi connectivity index (χ4v) is 0.630. The molecule has 0 aromatic rings. The molecule has 1 aliphatic heterocycles. The SMILES string of the molecule is CC1(C)C=C(C#N)N=N1. The fourth-order valence-electron chi connectivity index (χ4n) is 0.630. The van der Waals surface area contributed by atoms with E-state index in [4.69, 9.17) is 5.26 Å². The predicted molar refractivity (Wildman–Crippen MR) is 32.6 cm³/mol. The lowest BCUT2D eigenvalue weighted by Gasteiger charge is -2.04. The standard InChI is InChI=1S/C6H7N3/c1-6(2)3-5(4-7)8-9-6/h3H,1-2H3. The van der Waals surface area contributed by atoms with E-state index in [1.807, 2.05) is 19.9 Å². The molecule has 3 nitrogen and oxygen atoms in total. The van der Waals surface area contributed by atoms with Crippen molar-refractivity contribution in [2.45, 2.75) is 19.4 Å². The van der Waals surface area contributed by atoms with Gasteiger partial charge in [-0.05, 0) is 19.9 Å².